The van der Waals surface area contributed by atoms with Gasteiger partial charge >= 0.3 is 0 Å². The standard InChI is InChI=1S/C9H12N2/c1-7-5-10-9(11-6-7)4-8-2-3-8/h5-6,8H,2-4H2,1H3. The van der Waals surface area contributed by atoms with Crippen LogP contribution in [0.15, 0.2) is 12.4 Å². The van der Waals surface area contributed by atoms with Crippen LogP contribution in [0.1, 0.15) is 24.2 Å². The fourth-order valence-corrected chi connectivity index (χ4v) is 1.10. The second-order valence-electron chi connectivity index (χ2n) is 3.32. The van der Waals surface area contributed by atoms with E-state index in [1.54, 1.807) is 0 Å². The van der Waals surface area contributed by atoms with Crippen molar-refractivity contribution in [3.05, 3.63) is 23.8 Å². The summed E-state index contributed by atoms with van der Waals surface area (Å²) in [6.07, 6.45) is 7.62. The van der Waals surface area contributed by atoms with E-state index in [2.05, 4.69) is 9.97 Å². The van der Waals surface area contributed by atoms with E-state index in [0.29, 0.717) is 0 Å². The van der Waals surface area contributed by atoms with Gasteiger partial charge in [-0.25, -0.2) is 9.97 Å². The molecule has 11 heavy (non-hydrogen) atoms. The molecule has 58 valence electrons. The van der Waals surface area contributed by atoms with Crippen molar-refractivity contribution in [3.63, 3.8) is 0 Å². The molecular weight excluding hydrogens is 136 g/mol. The summed E-state index contributed by atoms with van der Waals surface area (Å²) in [4.78, 5) is 8.49. The molecule has 0 amide bonds. The average Bonchev–Trinajstić information content (AvgIpc) is 2.78. The number of aryl methyl sites for hydroxylation is 1. The van der Waals surface area contributed by atoms with Crippen molar-refractivity contribution >= 4 is 0 Å². The molecule has 0 saturated heterocycles. The Morgan fingerprint density at radius 3 is 2.55 bits per heavy atom. The molecule has 0 spiro atoms. The highest BCUT2D eigenvalue weighted by Gasteiger charge is 2.22. The van der Waals surface area contributed by atoms with Crippen molar-refractivity contribution in [2.45, 2.75) is 26.2 Å². The zero-order chi connectivity index (χ0) is 7.68. The molecule has 0 unspecified atom stereocenters. The highest BCUT2D eigenvalue weighted by Crippen LogP contribution is 2.31. The zero-order valence-corrected chi connectivity index (χ0v) is 6.75. The average molecular weight is 148 g/mol. The van der Waals surface area contributed by atoms with Crippen LogP contribution in [0.4, 0.5) is 0 Å². The predicted octanol–water partition coefficient (Wildman–Crippen LogP) is 1.74. The molecule has 0 N–H and O–H groups in total. The summed E-state index contributed by atoms with van der Waals surface area (Å²) < 4.78 is 0. The van der Waals surface area contributed by atoms with Gasteiger partial charge in [0, 0.05) is 18.8 Å². The summed E-state index contributed by atoms with van der Waals surface area (Å²) in [5.74, 6) is 1.90. The van der Waals surface area contributed by atoms with Gasteiger partial charge in [0.1, 0.15) is 5.82 Å². The quantitative estimate of drug-likeness (QED) is 0.638. The molecule has 2 rings (SSSR count). The van der Waals surface area contributed by atoms with Crippen LogP contribution in [0.5, 0.6) is 0 Å². The van der Waals surface area contributed by atoms with E-state index in [4.69, 9.17) is 0 Å². The number of aromatic nitrogens is 2. The fourth-order valence-electron chi connectivity index (χ4n) is 1.10. The van der Waals surface area contributed by atoms with Gasteiger partial charge in [0.2, 0.25) is 0 Å². The largest absolute Gasteiger partial charge is 0.241 e. The summed E-state index contributed by atoms with van der Waals surface area (Å²) in [5.41, 5.74) is 1.14. The van der Waals surface area contributed by atoms with Gasteiger partial charge in [0.25, 0.3) is 0 Å². The first-order valence-electron chi connectivity index (χ1n) is 4.12. The van der Waals surface area contributed by atoms with Gasteiger partial charge in [-0.2, -0.15) is 0 Å². The topological polar surface area (TPSA) is 25.8 Å². The van der Waals surface area contributed by atoms with Gasteiger partial charge in [-0.3, -0.25) is 0 Å². The van der Waals surface area contributed by atoms with E-state index >= 15 is 0 Å². The van der Waals surface area contributed by atoms with Crippen molar-refractivity contribution in [2.24, 2.45) is 5.92 Å². The van der Waals surface area contributed by atoms with E-state index < -0.39 is 0 Å². The van der Waals surface area contributed by atoms with Gasteiger partial charge in [-0.15, -0.1) is 0 Å². The molecule has 1 aromatic rings. The Labute approximate surface area is 66.7 Å². The highest BCUT2D eigenvalue weighted by molar-refractivity contribution is 5.03. The molecule has 0 atom stereocenters. The Kier molecular flexibility index (Phi) is 1.60. The number of hydrogen-bond acceptors (Lipinski definition) is 2. The maximum Gasteiger partial charge on any atom is 0.128 e. The first-order valence-corrected chi connectivity index (χ1v) is 4.12. The molecular formula is C9H12N2. The molecule has 0 radical (unpaired) electrons. The second-order valence-corrected chi connectivity index (χ2v) is 3.32. The van der Waals surface area contributed by atoms with Crippen molar-refractivity contribution in [3.8, 4) is 0 Å². The van der Waals surface area contributed by atoms with Crippen LogP contribution in [0.2, 0.25) is 0 Å². The molecule has 0 bridgehead atoms. The molecule has 0 aliphatic heterocycles. The molecule has 1 aliphatic carbocycles. The second kappa shape index (κ2) is 2.61. The monoisotopic (exact) mass is 148 g/mol. The van der Waals surface area contributed by atoms with E-state index in [0.717, 1.165) is 23.7 Å². The molecule has 2 heteroatoms. The van der Waals surface area contributed by atoms with Crippen LogP contribution in [-0.4, -0.2) is 9.97 Å². The maximum absolute atomic E-state index is 4.25. The molecule has 1 fully saturated rings. The fraction of sp³-hybridized carbons (Fsp3) is 0.556. The Bertz CT molecular complexity index is 236. The van der Waals surface area contributed by atoms with Crippen LogP contribution in [0.3, 0.4) is 0 Å². The Morgan fingerprint density at radius 2 is 2.00 bits per heavy atom. The van der Waals surface area contributed by atoms with Gasteiger partial charge < -0.3 is 0 Å². The van der Waals surface area contributed by atoms with Crippen LogP contribution in [0.25, 0.3) is 0 Å². The van der Waals surface area contributed by atoms with Crippen molar-refractivity contribution in [2.75, 3.05) is 0 Å². The predicted molar refractivity (Wildman–Crippen MR) is 43.2 cm³/mol. The van der Waals surface area contributed by atoms with Crippen molar-refractivity contribution in [1.29, 1.82) is 0 Å². The summed E-state index contributed by atoms with van der Waals surface area (Å²) in [7, 11) is 0. The molecule has 1 saturated carbocycles. The minimum absolute atomic E-state index is 0.887. The van der Waals surface area contributed by atoms with Gasteiger partial charge in [0.05, 0.1) is 0 Å². The minimum Gasteiger partial charge on any atom is -0.241 e. The molecule has 1 heterocycles. The summed E-state index contributed by atoms with van der Waals surface area (Å²) >= 11 is 0. The smallest absolute Gasteiger partial charge is 0.128 e. The minimum atomic E-state index is 0.887. The van der Waals surface area contributed by atoms with Crippen LogP contribution in [0, 0.1) is 12.8 Å². The molecule has 1 aromatic heterocycles. The van der Waals surface area contributed by atoms with Crippen LogP contribution < -0.4 is 0 Å². The normalized spacial score (nSPS) is 16.8. The molecule has 0 aromatic carbocycles. The van der Waals surface area contributed by atoms with Crippen molar-refractivity contribution in [1.82, 2.24) is 9.97 Å². The number of rotatable bonds is 2. The summed E-state index contributed by atoms with van der Waals surface area (Å²) in [5, 5.41) is 0. The molecule has 1 aliphatic rings. The first kappa shape index (κ1) is 6.77. The van der Waals surface area contributed by atoms with E-state index in [-0.39, 0.29) is 0 Å². The lowest BCUT2D eigenvalue weighted by molar-refractivity contribution is 0.767. The third-order valence-electron chi connectivity index (χ3n) is 2.00. The first-order chi connectivity index (χ1) is 5.34. The number of hydrogen-bond donors (Lipinski definition) is 0. The maximum atomic E-state index is 4.25. The van der Waals surface area contributed by atoms with E-state index in [1.165, 1.54) is 12.8 Å². The third-order valence-corrected chi connectivity index (χ3v) is 2.00. The lowest BCUT2D eigenvalue weighted by Gasteiger charge is -1.96. The number of nitrogens with zero attached hydrogens (tertiary/aromatic N) is 2. The Hall–Kier alpha value is -0.920. The Balaban J connectivity index is 2.06. The van der Waals surface area contributed by atoms with E-state index in [1.807, 2.05) is 19.3 Å². The summed E-state index contributed by atoms with van der Waals surface area (Å²) in [6, 6.07) is 0. The third kappa shape index (κ3) is 1.76. The van der Waals surface area contributed by atoms with Crippen LogP contribution in [-0.2, 0) is 6.42 Å². The van der Waals surface area contributed by atoms with Gasteiger partial charge in [-0.05, 0) is 31.2 Å². The lowest BCUT2D eigenvalue weighted by Crippen LogP contribution is -1.95. The van der Waals surface area contributed by atoms with Gasteiger partial charge in [-0.1, -0.05) is 0 Å². The zero-order valence-electron chi connectivity index (χ0n) is 6.75. The van der Waals surface area contributed by atoms with E-state index in [9.17, 15) is 0 Å². The molecule has 2 nitrogen and oxygen atoms in total. The van der Waals surface area contributed by atoms with Crippen molar-refractivity contribution < 1.29 is 0 Å². The summed E-state index contributed by atoms with van der Waals surface area (Å²) in [6.45, 7) is 2.01. The SMILES string of the molecule is Cc1cnc(CC2CC2)nc1. The Morgan fingerprint density at radius 1 is 1.36 bits per heavy atom. The van der Waals surface area contributed by atoms with Gasteiger partial charge in [0.15, 0.2) is 0 Å². The lowest BCUT2D eigenvalue weighted by atomic mass is 10.3. The van der Waals surface area contributed by atoms with Crippen LogP contribution >= 0.6 is 0 Å². The highest BCUT2D eigenvalue weighted by atomic mass is 14.9.